The molecule has 0 saturated heterocycles. The van der Waals surface area contributed by atoms with E-state index >= 15 is 0 Å². The van der Waals surface area contributed by atoms with Gasteiger partial charge in [0, 0.05) is 34.9 Å². The molecule has 0 radical (unpaired) electrons. The van der Waals surface area contributed by atoms with E-state index in [0.717, 1.165) is 6.29 Å². The quantitative estimate of drug-likeness (QED) is 0.327. The molecule has 0 N–H and O–H groups in total. The molecule has 0 bridgehead atoms. The molecule has 0 spiro atoms. The molecule has 0 aromatic rings. The van der Waals surface area contributed by atoms with Gasteiger partial charge in [0.1, 0.15) is 6.29 Å². The molecule has 0 unspecified atom stereocenters. The van der Waals surface area contributed by atoms with Gasteiger partial charge >= 0.3 is 0 Å². The molecule has 0 atom stereocenters. The van der Waals surface area contributed by atoms with E-state index in [2.05, 4.69) is 0 Å². The Kier molecular flexibility index (Phi) is 10.2. The lowest BCUT2D eigenvalue weighted by Crippen LogP contribution is -2.00. The third-order valence-corrected chi connectivity index (χ3v) is 14.5. The first-order valence-corrected chi connectivity index (χ1v) is 12.9. The van der Waals surface area contributed by atoms with Gasteiger partial charge in [-0.05, 0) is 23.6 Å². The molecule has 0 aliphatic carbocycles. The number of carbonyl (C=O) groups is 1. The fourth-order valence-corrected chi connectivity index (χ4v) is 12.0. The van der Waals surface area contributed by atoms with Crippen LogP contribution in [0.25, 0.3) is 0 Å². The molecular formula is C7H16O5P2S4. The van der Waals surface area contributed by atoms with Crippen LogP contribution < -0.4 is 0 Å². The molecular weight excluding hydrogens is 354 g/mol. The Labute approximate surface area is 126 Å². The Bertz CT molecular complexity index is 309. The summed E-state index contributed by atoms with van der Waals surface area (Å²) in [5.41, 5.74) is -4.89. The van der Waals surface area contributed by atoms with E-state index in [1.54, 1.807) is 0 Å². The lowest BCUT2D eigenvalue weighted by molar-refractivity contribution is -0.107. The second kappa shape index (κ2) is 9.45. The first-order valence-electron chi connectivity index (χ1n) is 4.62. The van der Waals surface area contributed by atoms with Crippen molar-refractivity contribution in [3.05, 3.63) is 0 Å². The van der Waals surface area contributed by atoms with Crippen LogP contribution >= 0.6 is 34.2 Å². The smallest absolute Gasteiger partial charge is 0.247 e. The second-order valence-corrected chi connectivity index (χ2v) is 16.2. The van der Waals surface area contributed by atoms with Crippen LogP contribution in [-0.2, 0) is 46.5 Å². The van der Waals surface area contributed by atoms with Crippen molar-refractivity contribution in [2.75, 3.05) is 28.4 Å². The first-order chi connectivity index (χ1) is 8.38. The molecule has 108 valence electrons. The van der Waals surface area contributed by atoms with Crippen LogP contribution in [0.4, 0.5) is 0 Å². The Morgan fingerprint density at radius 2 is 1.33 bits per heavy atom. The summed E-state index contributed by atoms with van der Waals surface area (Å²) in [7, 11) is 5.95. The fourth-order valence-electron chi connectivity index (χ4n) is 0.793. The van der Waals surface area contributed by atoms with Crippen molar-refractivity contribution < 1.29 is 22.9 Å². The van der Waals surface area contributed by atoms with Gasteiger partial charge in [0.15, 0.2) is 0 Å². The highest BCUT2D eigenvalue weighted by atomic mass is 32.9. The highest BCUT2D eigenvalue weighted by Gasteiger charge is 2.29. The van der Waals surface area contributed by atoms with Gasteiger partial charge in [-0.2, -0.15) is 0 Å². The third-order valence-electron chi connectivity index (χ3n) is 1.68. The van der Waals surface area contributed by atoms with E-state index in [1.165, 1.54) is 51.2 Å². The van der Waals surface area contributed by atoms with E-state index in [9.17, 15) is 4.79 Å². The Morgan fingerprint density at radius 1 is 1.00 bits per heavy atom. The van der Waals surface area contributed by atoms with Crippen LogP contribution in [0.3, 0.4) is 0 Å². The van der Waals surface area contributed by atoms with Gasteiger partial charge in [-0.25, -0.2) is 0 Å². The molecule has 0 aliphatic heterocycles. The largest absolute Gasteiger partial charge is 0.325 e. The minimum atomic E-state index is -2.44. The number of hydrogen-bond donors (Lipinski definition) is 0. The highest BCUT2D eigenvalue weighted by molar-refractivity contribution is 8.76. The monoisotopic (exact) mass is 370 g/mol. The summed E-state index contributed by atoms with van der Waals surface area (Å²) in [6, 6.07) is 0. The van der Waals surface area contributed by atoms with Crippen LogP contribution in [-0.4, -0.2) is 39.3 Å². The number of rotatable bonds is 10. The fraction of sp³-hybridized carbons (Fsp3) is 0.857. The molecule has 0 aromatic carbocycles. The van der Waals surface area contributed by atoms with E-state index in [1.807, 2.05) is 0 Å². The summed E-state index contributed by atoms with van der Waals surface area (Å²) < 4.78 is 20.5. The van der Waals surface area contributed by atoms with Crippen LogP contribution in [0.5, 0.6) is 0 Å². The lowest BCUT2D eigenvalue weighted by Gasteiger charge is -2.25. The van der Waals surface area contributed by atoms with Crippen LogP contribution in [0.15, 0.2) is 0 Å². The molecule has 0 heterocycles. The minimum Gasteiger partial charge on any atom is -0.325 e. The van der Waals surface area contributed by atoms with Crippen molar-refractivity contribution in [2.24, 2.45) is 0 Å². The van der Waals surface area contributed by atoms with E-state index < -0.39 is 11.4 Å². The number of carbonyl (C=O) groups excluding carboxylic acids is 1. The molecule has 5 nitrogen and oxygen atoms in total. The van der Waals surface area contributed by atoms with Crippen molar-refractivity contribution >= 4 is 64.1 Å². The van der Waals surface area contributed by atoms with Crippen molar-refractivity contribution in [1.29, 1.82) is 0 Å². The van der Waals surface area contributed by atoms with Gasteiger partial charge in [0.25, 0.3) is 0 Å². The van der Waals surface area contributed by atoms with E-state index in [4.69, 9.17) is 41.7 Å². The van der Waals surface area contributed by atoms with Gasteiger partial charge in [0.05, 0.1) is 4.58 Å². The maximum atomic E-state index is 10.7. The lowest BCUT2D eigenvalue weighted by atomic mass is 10.6. The van der Waals surface area contributed by atoms with E-state index in [0.29, 0.717) is 0 Å². The summed E-state index contributed by atoms with van der Waals surface area (Å²) in [4.78, 5) is 10.7. The first kappa shape index (κ1) is 19.5. The number of hydrogen-bond acceptors (Lipinski definition) is 9. The predicted molar refractivity (Wildman–Crippen MR) is 86.3 cm³/mol. The van der Waals surface area contributed by atoms with Crippen LogP contribution in [0.2, 0.25) is 0 Å². The zero-order valence-electron chi connectivity index (χ0n) is 10.4. The van der Waals surface area contributed by atoms with Crippen molar-refractivity contribution in [2.45, 2.75) is 11.0 Å². The van der Waals surface area contributed by atoms with Crippen LogP contribution in [0.1, 0.15) is 6.42 Å². The van der Waals surface area contributed by atoms with Gasteiger partial charge < -0.3 is 22.9 Å². The summed E-state index contributed by atoms with van der Waals surface area (Å²) in [6.07, 6.45) is 1.08. The molecule has 0 amide bonds. The Balaban J connectivity index is 4.82. The molecule has 0 rings (SSSR count). The summed E-state index contributed by atoms with van der Waals surface area (Å²) in [5, 5.41) is 0. The zero-order chi connectivity index (χ0) is 14.2. The normalized spacial score (nSPS) is 12.9. The zero-order valence-corrected chi connectivity index (χ0v) is 15.5. The molecule has 0 aromatic heterocycles. The van der Waals surface area contributed by atoms with Crippen molar-refractivity contribution in [3.8, 4) is 0 Å². The number of aldehydes is 1. The maximum absolute atomic E-state index is 10.7. The third kappa shape index (κ3) is 6.79. The molecule has 11 heteroatoms. The molecule has 18 heavy (non-hydrogen) atoms. The Morgan fingerprint density at radius 3 is 1.56 bits per heavy atom. The average molecular weight is 370 g/mol. The average Bonchev–Trinajstić information content (AvgIpc) is 2.38. The molecule has 0 fully saturated rings. The van der Waals surface area contributed by atoms with Gasteiger partial charge in [-0.3, -0.25) is 0 Å². The van der Waals surface area contributed by atoms with Gasteiger partial charge in [-0.1, -0.05) is 22.8 Å². The summed E-state index contributed by atoms with van der Waals surface area (Å²) in [6.45, 7) is 0. The Hall–Kier alpha value is 1.51. The highest BCUT2D eigenvalue weighted by Crippen LogP contribution is 2.70. The molecule has 0 aliphatic rings. The van der Waals surface area contributed by atoms with Gasteiger partial charge in [0.2, 0.25) is 11.4 Å². The topological polar surface area (TPSA) is 54.0 Å². The van der Waals surface area contributed by atoms with Crippen LogP contribution in [0, 0.1) is 0 Å². The maximum Gasteiger partial charge on any atom is 0.247 e. The second-order valence-electron chi connectivity index (χ2n) is 2.67. The molecule has 0 saturated carbocycles. The van der Waals surface area contributed by atoms with Crippen molar-refractivity contribution in [1.82, 2.24) is 0 Å². The standard InChI is InChI=1S/C7H16O5P2S4/c1-9-13(15,10-2)17-7(5-6-8)18-14(16,11-3)12-4/h6-7H,5H2,1-4H3. The SMILES string of the molecule is COP(=S)(OC)SC(CC=O)SP(=S)(OC)OC. The van der Waals surface area contributed by atoms with Gasteiger partial charge in [-0.15, -0.1) is 0 Å². The predicted octanol–water partition coefficient (Wildman–Crippen LogP) is 3.40. The summed E-state index contributed by atoms with van der Waals surface area (Å²) in [5.74, 6) is 0. The van der Waals surface area contributed by atoms with E-state index in [-0.39, 0.29) is 11.0 Å². The summed E-state index contributed by atoms with van der Waals surface area (Å²) >= 11 is 13.1. The van der Waals surface area contributed by atoms with Crippen molar-refractivity contribution in [3.63, 3.8) is 0 Å². The minimum absolute atomic E-state index is 0.209.